The molecule has 2 heterocycles. The normalized spacial score (nSPS) is 21.1. The number of H-pyrrole nitrogens is 1. The van der Waals surface area contributed by atoms with Gasteiger partial charge in [0.1, 0.15) is 26.2 Å². The van der Waals surface area contributed by atoms with E-state index in [1.54, 1.807) is 0 Å². The Hall–Kier alpha value is -1.62. The Labute approximate surface area is 126 Å². The first-order valence-electron chi connectivity index (χ1n) is 8.07. The second kappa shape index (κ2) is 6.43. The molecule has 0 spiro atoms. The third-order valence-corrected chi connectivity index (χ3v) is 4.63. The van der Waals surface area contributed by atoms with Crippen LogP contribution >= 0.6 is 0 Å². The van der Waals surface area contributed by atoms with E-state index in [2.05, 4.69) is 34.3 Å². The number of aromatic nitrogens is 1. The summed E-state index contributed by atoms with van der Waals surface area (Å²) in [5, 5.41) is 3.15. The van der Waals surface area contributed by atoms with Gasteiger partial charge in [-0.2, -0.15) is 0 Å². The van der Waals surface area contributed by atoms with E-state index in [1.807, 2.05) is 12.3 Å². The summed E-state index contributed by atoms with van der Waals surface area (Å²) >= 11 is 0. The summed E-state index contributed by atoms with van der Waals surface area (Å²) in [6.07, 6.45) is 4.52. The molecular weight excluding hydrogens is 264 g/mol. The van der Waals surface area contributed by atoms with Crippen molar-refractivity contribution in [2.45, 2.75) is 25.8 Å². The molecule has 0 bridgehead atoms. The molecule has 5 heteroatoms. The van der Waals surface area contributed by atoms with Crippen LogP contribution < -0.4 is 20.1 Å². The van der Waals surface area contributed by atoms with E-state index in [4.69, 9.17) is 0 Å². The van der Waals surface area contributed by atoms with Gasteiger partial charge in [0.15, 0.2) is 6.54 Å². The van der Waals surface area contributed by atoms with Gasteiger partial charge in [-0.3, -0.25) is 9.69 Å². The lowest BCUT2D eigenvalue weighted by Crippen LogP contribution is -3.16. The number of piperazine rings is 1. The number of aromatic amines is 1. The molecule has 1 saturated carbocycles. The summed E-state index contributed by atoms with van der Waals surface area (Å²) in [7, 11) is 0. The standard InChI is InChI=1S/C16H24N4O/c1-13(14-5-6-14)18-16(21)12-19-8-10-20(11-9-19)15-4-2-3-7-17-15/h2-4,7,13-14H,5-6,8-12H2,1H3,(H,18,21)/p+2/t13-/m0/s1. The van der Waals surface area contributed by atoms with Crippen molar-refractivity contribution < 1.29 is 14.7 Å². The maximum Gasteiger partial charge on any atom is 0.275 e. The lowest BCUT2D eigenvalue weighted by molar-refractivity contribution is -0.892. The predicted octanol–water partition coefficient (Wildman–Crippen LogP) is -0.880. The molecule has 1 atom stereocenters. The van der Waals surface area contributed by atoms with Gasteiger partial charge in [-0.05, 0) is 31.7 Å². The fourth-order valence-corrected chi connectivity index (χ4v) is 3.07. The summed E-state index contributed by atoms with van der Waals surface area (Å²) in [6, 6.07) is 6.51. The molecule has 5 nitrogen and oxygen atoms in total. The Morgan fingerprint density at radius 3 is 2.81 bits per heavy atom. The highest BCUT2D eigenvalue weighted by atomic mass is 16.2. The van der Waals surface area contributed by atoms with Crippen LogP contribution in [0.1, 0.15) is 19.8 Å². The number of nitrogens with one attached hydrogen (secondary N) is 3. The SMILES string of the molecule is C[C@H](NC(=O)C[NH+]1CCN(c2cccc[nH+]2)CC1)C1CC1. The van der Waals surface area contributed by atoms with Gasteiger partial charge in [-0.25, -0.2) is 4.98 Å². The average Bonchev–Trinajstić information content (AvgIpc) is 3.33. The molecule has 21 heavy (non-hydrogen) atoms. The van der Waals surface area contributed by atoms with E-state index in [9.17, 15) is 4.79 Å². The van der Waals surface area contributed by atoms with E-state index in [-0.39, 0.29) is 5.91 Å². The van der Waals surface area contributed by atoms with Crippen LogP contribution in [0, 0.1) is 5.92 Å². The van der Waals surface area contributed by atoms with Gasteiger partial charge >= 0.3 is 0 Å². The van der Waals surface area contributed by atoms with Crippen LogP contribution in [0.2, 0.25) is 0 Å². The van der Waals surface area contributed by atoms with Crippen molar-refractivity contribution in [3.8, 4) is 0 Å². The van der Waals surface area contributed by atoms with Crippen LogP contribution in [-0.2, 0) is 4.79 Å². The smallest absolute Gasteiger partial charge is 0.275 e. The molecule has 1 aliphatic heterocycles. The van der Waals surface area contributed by atoms with E-state index in [0.717, 1.165) is 32.1 Å². The molecule has 0 unspecified atom stereocenters. The van der Waals surface area contributed by atoms with Gasteiger partial charge in [-0.15, -0.1) is 0 Å². The zero-order valence-electron chi connectivity index (χ0n) is 12.8. The Kier molecular flexibility index (Phi) is 4.39. The van der Waals surface area contributed by atoms with Crippen molar-refractivity contribution in [2.75, 3.05) is 37.6 Å². The number of carbonyl (C=O) groups is 1. The van der Waals surface area contributed by atoms with Gasteiger partial charge < -0.3 is 10.2 Å². The topological polar surface area (TPSA) is 50.9 Å². The third kappa shape index (κ3) is 3.94. The second-order valence-electron chi connectivity index (χ2n) is 6.36. The van der Waals surface area contributed by atoms with Crippen LogP contribution in [0.15, 0.2) is 24.4 Å². The number of pyridine rings is 1. The van der Waals surface area contributed by atoms with Crippen LogP contribution in [0.5, 0.6) is 0 Å². The first-order valence-corrected chi connectivity index (χ1v) is 8.07. The van der Waals surface area contributed by atoms with Gasteiger partial charge in [0.2, 0.25) is 0 Å². The first-order chi connectivity index (χ1) is 10.2. The van der Waals surface area contributed by atoms with Crippen LogP contribution in [-0.4, -0.2) is 44.7 Å². The molecule has 1 amide bonds. The molecule has 3 N–H and O–H groups in total. The molecule has 0 radical (unpaired) electrons. The lowest BCUT2D eigenvalue weighted by atomic mass is 10.2. The summed E-state index contributed by atoms with van der Waals surface area (Å²) in [5.74, 6) is 2.11. The maximum atomic E-state index is 12.1. The molecular formula is C16H26N4O+2. The van der Waals surface area contributed by atoms with Crippen LogP contribution in [0.4, 0.5) is 5.82 Å². The van der Waals surface area contributed by atoms with Crippen molar-refractivity contribution in [1.29, 1.82) is 0 Å². The fraction of sp³-hybridized carbons (Fsp3) is 0.625. The van der Waals surface area contributed by atoms with Crippen molar-refractivity contribution >= 4 is 11.7 Å². The summed E-state index contributed by atoms with van der Waals surface area (Å²) in [5.41, 5.74) is 0. The zero-order valence-corrected chi connectivity index (χ0v) is 12.8. The number of nitrogens with zero attached hydrogens (tertiary/aromatic N) is 1. The molecule has 1 aliphatic carbocycles. The predicted molar refractivity (Wildman–Crippen MR) is 81.1 cm³/mol. The minimum atomic E-state index is 0.212. The Morgan fingerprint density at radius 1 is 1.43 bits per heavy atom. The second-order valence-corrected chi connectivity index (χ2v) is 6.36. The molecule has 1 saturated heterocycles. The number of carbonyl (C=O) groups excluding carboxylic acids is 1. The van der Waals surface area contributed by atoms with Gasteiger partial charge in [0.05, 0.1) is 6.20 Å². The number of rotatable bonds is 5. The highest BCUT2D eigenvalue weighted by molar-refractivity contribution is 5.77. The summed E-state index contributed by atoms with van der Waals surface area (Å²) in [6.45, 7) is 6.79. The minimum Gasteiger partial charge on any atom is -0.348 e. The molecule has 114 valence electrons. The van der Waals surface area contributed by atoms with E-state index >= 15 is 0 Å². The largest absolute Gasteiger partial charge is 0.348 e. The van der Waals surface area contributed by atoms with Crippen molar-refractivity contribution in [1.82, 2.24) is 5.32 Å². The van der Waals surface area contributed by atoms with E-state index in [0.29, 0.717) is 12.6 Å². The summed E-state index contributed by atoms with van der Waals surface area (Å²) < 4.78 is 0. The highest BCUT2D eigenvalue weighted by Crippen LogP contribution is 2.32. The van der Waals surface area contributed by atoms with E-state index in [1.165, 1.54) is 23.6 Å². The number of hydrogen-bond donors (Lipinski definition) is 2. The van der Waals surface area contributed by atoms with Gasteiger partial charge in [0, 0.05) is 12.1 Å². The minimum absolute atomic E-state index is 0.212. The van der Waals surface area contributed by atoms with E-state index < -0.39 is 0 Å². The fourth-order valence-electron chi connectivity index (χ4n) is 3.07. The van der Waals surface area contributed by atoms with Crippen molar-refractivity contribution in [3.05, 3.63) is 24.4 Å². The Bertz CT molecular complexity index is 466. The maximum absolute atomic E-state index is 12.1. The molecule has 0 aromatic carbocycles. The lowest BCUT2D eigenvalue weighted by Gasteiger charge is -2.28. The summed E-state index contributed by atoms with van der Waals surface area (Å²) in [4.78, 5) is 19.1. The quantitative estimate of drug-likeness (QED) is 0.740. The number of anilines is 1. The third-order valence-electron chi connectivity index (χ3n) is 4.63. The highest BCUT2D eigenvalue weighted by Gasteiger charge is 2.31. The molecule has 2 aliphatic rings. The first kappa shape index (κ1) is 14.3. The van der Waals surface area contributed by atoms with Crippen LogP contribution in [0.25, 0.3) is 0 Å². The van der Waals surface area contributed by atoms with Crippen molar-refractivity contribution in [2.24, 2.45) is 5.92 Å². The Morgan fingerprint density at radius 2 is 2.19 bits per heavy atom. The molecule has 2 fully saturated rings. The van der Waals surface area contributed by atoms with Crippen molar-refractivity contribution in [3.63, 3.8) is 0 Å². The molecule has 3 rings (SSSR count). The molecule has 1 aromatic rings. The van der Waals surface area contributed by atoms with Gasteiger partial charge in [0.25, 0.3) is 11.7 Å². The zero-order chi connectivity index (χ0) is 14.7. The molecule has 1 aromatic heterocycles. The Balaban J connectivity index is 1.42. The average molecular weight is 290 g/mol. The number of hydrogen-bond acceptors (Lipinski definition) is 2. The van der Waals surface area contributed by atoms with Crippen LogP contribution in [0.3, 0.4) is 0 Å². The monoisotopic (exact) mass is 290 g/mol. The van der Waals surface area contributed by atoms with Gasteiger partial charge in [-0.1, -0.05) is 6.07 Å². The number of quaternary nitrogens is 1. The number of amides is 1.